The van der Waals surface area contributed by atoms with Gasteiger partial charge in [-0.25, -0.2) is 4.79 Å². The molecule has 0 saturated carbocycles. The molecular weight excluding hydrogens is 394 g/mol. The number of hydrogen-bond acceptors (Lipinski definition) is 4. The lowest BCUT2D eigenvalue weighted by atomic mass is 9.87. The number of amides is 1. The van der Waals surface area contributed by atoms with Crippen molar-refractivity contribution in [2.75, 3.05) is 19.0 Å². The fourth-order valence-electron chi connectivity index (χ4n) is 3.09. The number of aliphatic carboxylic acids is 1. The Kier molecular flexibility index (Phi) is 8.25. The molecule has 0 fully saturated rings. The van der Waals surface area contributed by atoms with Gasteiger partial charge in [0, 0.05) is 17.2 Å². The van der Waals surface area contributed by atoms with Gasteiger partial charge in [-0.2, -0.15) is 0 Å². The Morgan fingerprint density at radius 3 is 2.29 bits per heavy atom. The van der Waals surface area contributed by atoms with Crippen LogP contribution < -0.4 is 14.8 Å². The summed E-state index contributed by atoms with van der Waals surface area (Å²) in [7, 11) is 1.65. The van der Waals surface area contributed by atoms with Crippen LogP contribution in [-0.4, -0.2) is 30.7 Å². The standard InChI is InChI=1S/C25H31NO5/c1-17-16-22(18(2)15-21(17)30-5)31-14-6-13-25(3,4)24(29)26-20-10-7-19(8-11-20)9-12-23(27)28/h7-12,15-16H,6,13-14H2,1-5H3,(H,26,29)(H,27,28)/b12-9+. The minimum Gasteiger partial charge on any atom is -0.496 e. The second kappa shape index (κ2) is 10.7. The fourth-order valence-corrected chi connectivity index (χ4v) is 3.09. The maximum Gasteiger partial charge on any atom is 0.328 e. The zero-order valence-electron chi connectivity index (χ0n) is 18.8. The molecule has 0 radical (unpaired) electrons. The molecule has 0 spiro atoms. The third kappa shape index (κ3) is 7.17. The summed E-state index contributed by atoms with van der Waals surface area (Å²) in [5, 5.41) is 11.6. The van der Waals surface area contributed by atoms with E-state index in [1.54, 1.807) is 31.4 Å². The highest BCUT2D eigenvalue weighted by Crippen LogP contribution is 2.29. The second-order valence-corrected chi connectivity index (χ2v) is 8.17. The van der Waals surface area contributed by atoms with Crippen LogP contribution in [0.25, 0.3) is 6.08 Å². The van der Waals surface area contributed by atoms with Crippen molar-refractivity contribution in [3.8, 4) is 11.5 Å². The van der Waals surface area contributed by atoms with Crippen molar-refractivity contribution in [1.82, 2.24) is 0 Å². The van der Waals surface area contributed by atoms with Gasteiger partial charge in [-0.15, -0.1) is 0 Å². The fraction of sp³-hybridized carbons (Fsp3) is 0.360. The molecule has 0 unspecified atom stereocenters. The molecule has 2 aromatic carbocycles. The van der Waals surface area contributed by atoms with Gasteiger partial charge in [0.1, 0.15) is 11.5 Å². The average Bonchev–Trinajstić information content (AvgIpc) is 2.72. The molecule has 0 heterocycles. The molecule has 1 amide bonds. The van der Waals surface area contributed by atoms with E-state index in [1.807, 2.05) is 39.8 Å². The van der Waals surface area contributed by atoms with Crippen molar-refractivity contribution in [2.45, 2.75) is 40.5 Å². The second-order valence-electron chi connectivity index (χ2n) is 8.17. The summed E-state index contributed by atoms with van der Waals surface area (Å²) >= 11 is 0. The zero-order chi connectivity index (χ0) is 23.0. The number of hydrogen-bond donors (Lipinski definition) is 2. The number of rotatable bonds is 10. The zero-order valence-corrected chi connectivity index (χ0v) is 18.8. The Hall–Kier alpha value is -3.28. The van der Waals surface area contributed by atoms with Crippen molar-refractivity contribution < 1.29 is 24.2 Å². The first-order valence-electron chi connectivity index (χ1n) is 10.2. The third-order valence-electron chi connectivity index (χ3n) is 5.10. The van der Waals surface area contributed by atoms with Crippen LogP contribution in [0.1, 0.15) is 43.4 Å². The summed E-state index contributed by atoms with van der Waals surface area (Å²) in [5.74, 6) is 0.601. The van der Waals surface area contributed by atoms with Gasteiger partial charge >= 0.3 is 5.97 Å². The first kappa shape index (κ1) is 24.0. The lowest BCUT2D eigenvalue weighted by Crippen LogP contribution is -2.31. The molecule has 0 aliphatic heterocycles. The molecule has 0 bridgehead atoms. The van der Waals surface area contributed by atoms with Crippen LogP contribution in [0.5, 0.6) is 11.5 Å². The number of ether oxygens (including phenoxy) is 2. The largest absolute Gasteiger partial charge is 0.496 e. The smallest absolute Gasteiger partial charge is 0.328 e. The van der Waals surface area contributed by atoms with E-state index in [0.717, 1.165) is 40.7 Å². The van der Waals surface area contributed by atoms with Gasteiger partial charge in [-0.3, -0.25) is 4.79 Å². The van der Waals surface area contributed by atoms with E-state index in [9.17, 15) is 9.59 Å². The average molecular weight is 426 g/mol. The topological polar surface area (TPSA) is 84.9 Å². The molecule has 0 saturated heterocycles. The molecule has 0 aromatic heterocycles. The third-order valence-corrected chi connectivity index (χ3v) is 5.10. The molecule has 0 aliphatic rings. The Balaban J connectivity index is 1.86. The highest BCUT2D eigenvalue weighted by atomic mass is 16.5. The highest BCUT2D eigenvalue weighted by molar-refractivity contribution is 5.95. The molecule has 0 aliphatic carbocycles. The van der Waals surface area contributed by atoms with Crippen molar-refractivity contribution in [3.05, 3.63) is 59.2 Å². The Morgan fingerprint density at radius 1 is 1.06 bits per heavy atom. The van der Waals surface area contributed by atoms with Crippen LogP contribution >= 0.6 is 0 Å². The van der Waals surface area contributed by atoms with Crippen molar-refractivity contribution in [1.29, 1.82) is 0 Å². The lowest BCUT2D eigenvalue weighted by Gasteiger charge is -2.24. The number of carboxylic acid groups (broad SMARTS) is 1. The molecular formula is C25H31NO5. The van der Waals surface area contributed by atoms with Gasteiger partial charge in [-0.05, 0) is 73.7 Å². The van der Waals surface area contributed by atoms with Crippen LogP contribution in [0.2, 0.25) is 0 Å². The van der Waals surface area contributed by atoms with Crippen LogP contribution in [-0.2, 0) is 9.59 Å². The quantitative estimate of drug-likeness (QED) is 0.402. The molecule has 2 N–H and O–H groups in total. The van der Waals surface area contributed by atoms with E-state index in [2.05, 4.69) is 5.32 Å². The van der Waals surface area contributed by atoms with Crippen LogP contribution in [0, 0.1) is 19.3 Å². The number of nitrogens with one attached hydrogen (secondary N) is 1. The Morgan fingerprint density at radius 2 is 1.68 bits per heavy atom. The van der Waals surface area contributed by atoms with Crippen LogP contribution in [0.15, 0.2) is 42.5 Å². The van der Waals surface area contributed by atoms with E-state index in [4.69, 9.17) is 14.6 Å². The summed E-state index contributed by atoms with van der Waals surface area (Å²) in [5.41, 5.74) is 2.90. The van der Waals surface area contributed by atoms with E-state index in [1.165, 1.54) is 6.08 Å². The Labute approximate surface area is 183 Å². The summed E-state index contributed by atoms with van der Waals surface area (Å²) in [6.45, 7) is 8.31. The number of methoxy groups -OCH3 is 1. The number of aryl methyl sites for hydroxylation is 2. The van der Waals surface area contributed by atoms with Gasteiger partial charge in [0.25, 0.3) is 0 Å². The summed E-state index contributed by atoms with van der Waals surface area (Å²) in [4.78, 5) is 23.3. The number of anilines is 1. The maximum atomic E-state index is 12.7. The summed E-state index contributed by atoms with van der Waals surface area (Å²) in [6, 6.07) is 11.0. The predicted molar refractivity (Wildman–Crippen MR) is 123 cm³/mol. The molecule has 166 valence electrons. The number of benzene rings is 2. The molecule has 2 rings (SSSR count). The highest BCUT2D eigenvalue weighted by Gasteiger charge is 2.27. The van der Waals surface area contributed by atoms with Gasteiger partial charge in [-0.1, -0.05) is 26.0 Å². The van der Waals surface area contributed by atoms with Gasteiger partial charge in [0.05, 0.1) is 13.7 Å². The normalized spacial score (nSPS) is 11.4. The van der Waals surface area contributed by atoms with E-state index in [-0.39, 0.29) is 5.91 Å². The molecule has 2 aromatic rings. The molecule has 6 nitrogen and oxygen atoms in total. The number of carbonyl (C=O) groups excluding carboxylic acids is 1. The first-order valence-corrected chi connectivity index (χ1v) is 10.2. The van der Waals surface area contributed by atoms with Crippen LogP contribution in [0.3, 0.4) is 0 Å². The Bertz CT molecular complexity index is 945. The molecule has 31 heavy (non-hydrogen) atoms. The first-order chi connectivity index (χ1) is 14.6. The molecule has 6 heteroatoms. The minimum absolute atomic E-state index is 0.0715. The van der Waals surface area contributed by atoms with E-state index >= 15 is 0 Å². The maximum absolute atomic E-state index is 12.7. The number of carbonyl (C=O) groups is 2. The van der Waals surface area contributed by atoms with Gasteiger partial charge in [0.2, 0.25) is 5.91 Å². The van der Waals surface area contributed by atoms with Gasteiger partial charge in [0.15, 0.2) is 0 Å². The SMILES string of the molecule is COc1cc(C)c(OCCCC(C)(C)C(=O)Nc2ccc(/C=C/C(=O)O)cc2)cc1C. The predicted octanol–water partition coefficient (Wildman–Crippen LogP) is 5.23. The molecule has 0 atom stereocenters. The minimum atomic E-state index is -1.000. The van der Waals surface area contributed by atoms with Crippen molar-refractivity contribution in [3.63, 3.8) is 0 Å². The van der Waals surface area contributed by atoms with E-state index < -0.39 is 11.4 Å². The summed E-state index contributed by atoms with van der Waals surface area (Å²) in [6.07, 6.45) is 3.99. The van der Waals surface area contributed by atoms with Gasteiger partial charge < -0.3 is 19.9 Å². The van der Waals surface area contributed by atoms with Crippen molar-refractivity contribution in [2.24, 2.45) is 5.41 Å². The monoisotopic (exact) mass is 425 g/mol. The summed E-state index contributed by atoms with van der Waals surface area (Å²) < 4.78 is 11.3. The van der Waals surface area contributed by atoms with Crippen LogP contribution in [0.4, 0.5) is 5.69 Å². The van der Waals surface area contributed by atoms with Crippen molar-refractivity contribution >= 4 is 23.6 Å². The lowest BCUT2D eigenvalue weighted by molar-refractivity contribution is -0.131. The van der Waals surface area contributed by atoms with E-state index in [0.29, 0.717) is 18.7 Å². The number of carboxylic acids is 1.